The van der Waals surface area contributed by atoms with Crippen molar-refractivity contribution < 1.29 is 9.53 Å². The molecule has 0 aliphatic heterocycles. The van der Waals surface area contributed by atoms with Crippen LogP contribution in [0.25, 0.3) is 11.3 Å². The lowest BCUT2D eigenvalue weighted by molar-refractivity contribution is 0.0532. The van der Waals surface area contributed by atoms with E-state index in [-0.39, 0.29) is 0 Å². The third kappa shape index (κ3) is 2.51. The first kappa shape index (κ1) is 13.3. The molecule has 6 heteroatoms. The molecule has 1 aromatic heterocycles. The van der Waals surface area contributed by atoms with Crippen LogP contribution in [0.3, 0.4) is 0 Å². The van der Waals surface area contributed by atoms with E-state index in [4.69, 9.17) is 27.9 Å². The molecule has 0 N–H and O–H groups in total. The molecular formula is C12H9Cl2NO2S. The lowest BCUT2D eigenvalue weighted by Gasteiger charge is -2.06. The molecule has 0 atom stereocenters. The highest BCUT2D eigenvalue weighted by Gasteiger charge is 2.21. The van der Waals surface area contributed by atoms with Gasteiger partial charge in [-0.05, 0) is 19.1 Å². The van der Waals surface area contributed by atoms with Gasteiger partial charge in [0.2, 0.25) is 0 Å². The van der Waals surface area contributed by atoms with Crippen LogP contribution in [0.5, 0.6) is 0 Å². The van der Waals surface area contributed by atoms with Crippen molar-refractivity contribution in [3.8, 4) is 11.3 Å². The lowest BCUT2D eigenvalue weighted by atomic mass is 10.1. The Hall–Kier alpha value is -1.10. The van der Waals surface area contributed by atoms with Crippen LogP contribution in [-0.4, -0.2) is 17.6 Å². The molecule has 0 fully saturated rings. The summed E-state index contributed by atoms with van der Waals surface area (Å²) in [4.78, 5) is 16.4. The number of rotatable bonds is 3. The number of esters is 1. The molecule has 3 nitrogen and oxygen atoms in total. The van der Waals surface area contributed by atoms with Gasteiger partial charge in [0.05, 0.1) is 27.9 Å². The highest BCUT2D eigenvalue weighted by Crippen LogP contribution is 2.37. The topological polar surface area (TPSA) is 39.2 Å². The maximum atomic E-state index is 11.8. The molecular weight excluding hydrogens is 293 g/mol. The molecule has 0 spiro atoms. The van der Waals surface area contributed by atoms with Crippen molar-refractivity contribution in [2.24, 2.45) is 0 Å². The van der Waals surface area contributed by atoms with Gasteiger partial charge in [0.15, 0.2) is 0 Å². The third-order valence-electron chi connectivity index (χ3n) is 2.23. The highest BCUT2D eigenvalue weighted by atomic mass is 35.5. The summed E-state index contributed by atoms with van der Waals surface area (Å²) in [6.45, 7) is 2.06. The Labute approximate surface area is 118 Å². The van der Waals surface area contributed by atoms with Crippen LogP contribution < -0.4 is 0 Å². The van der Waals surface area contributed by atoms with Crippen LogP contribution in [0.1, 0.15) is 16.6 Å². The van der Waals surface area contributed by atoms with Gasteiger partial charge in [-0.15, -0.1) is 11.3 Å². The van der Waals surface area contributed by atoms with E-state index in [1.165, 1.54) is 11.3 Å². The van der Waals surface area contributed by atoms with E-state index in [9.17, 15) is 4.79 Å². The number of hydrogen-bond acceptors (Lipinski definition) is 4. The molecule has 18 heavy (non-hydrogen) atoms. The number of hydrogen-bond donors (Lipinski definition) is 0. The Morgan fingerprint density at radius 2 is 2.06 bits per heavy atom. The summed E-state index contributed by atoms with van der Waals surface area (Å²) in [5, 5.41) is 0.915. The molecule has 0 unspecified atom stereocenters. The Bertz CT molecular complexity index is 563. The van der Waals surface area contributed by atoms with Crippen molar-refractivity contribution >= 4 is 40.5 Å². The molecule has 0 saturated carbocycles. The Balaban J connectivity index is 2.52. The van der Waals surface area contributed by atoms with Crippen molar-refractivity contribution in [2.45, 2.75) is 6.92 Å². The van der Waals surface area contributed by atoms with Crippen molar-refractivity contribution in [3.05, 3.63) is 38.6 Å². The number of aromatic nitrogens is 1. The third-order valence-corrected chi connectivity index (χ3v) is 3.66. The molecule has 2 rings (SSSR count). The van der Waals surface area contributed by atoms with E-state index in [0.29, 0.717) is 32.8 Å². The van der Waals surface area contributed by atoms with E-state index in [2.05, 4.69) is 4.98 Å². The zero-order valence-corrected chi connectivity index (χ0v) is 11.8. The molecule has 94 valence electrons. The van der Waals surface area contributed by atoms with Gasteiger partial charge in [0.1, 0.15) is 4.88 Å². The minimum absolute atomic E-state index is 0.312. The Morgan fingerprint density at radius 3 is 2.67 bits per heavy atom. The second kappa shape index (κ2) is 5.69. The largest absolute Gasteiger partial charge is 0.462 e. The maximum Gasteiger partial charge on any atom is 0.350 e. The number of carbonyl (C=O) groups excluding carboxylic acids is 1. The predicted molar refractivity (Wildman–Crippen MR) is 73.5 cm³/mol. The fourth-order valence-electron chi connectivity index (χ4n) is 1.49. The summed E-state index contributed by atoms with van der Waals surface area (Å²) in [6, 6.07) is 5.15. The average Bonchev–Trinajstić information content (AvgIpc) is 2.78. The molecule has 0 amide bonds. The second-order valence-electron chi connectivity index (χ2n) is 3.35. The van der Waals surface area contributed by atoms with E-state index >= 15 is 0 Å². The number of ether oxygens (including phenoxy) is 1. The predicted octanol–water partition coefficient (Wildman–Crippen LogP) is 4.29. The van der Waals surface area contributed by atoms with Crippen molar-refractivity contribution in [1.29, 1.82) is 0 Å². The van der Waals surface area contributed by atoms with Gasteiger partial charge in [-0.3, -0.25) is 0 Å². The van der Waals surface area contributed by atoms with Gasteiger partial charge in [-0.2, -0.15) is 0 Å². The number of halogens is 2. The second-order valence-corrected chi connectivity index (χ2v) is 5.02. The van der Waals surface area contributed by atoms with Crippen LogP contribution >= 0.6 is 34.5 Å². The van der Waals surface area contributed by atoms with Gasteiger partial charge >= 0.3 is 5.97 Å². The maximum absolute atomic E-state index is 11.8. The lowest BCUT2D eigenvalue weighted by Crippen LogP contribution is -2.04. The van der Waals surface area contributed by atoms with E-state index in [1.54, 1.807) is 30.6 Å². The summed E-state index contributed by atoms with van der Waals surface area (Å²) in [6.07, 6.45) is 0. The van der Waals surface area contributed by atoms with Crippen LogP contribution in [0.15, 0.2) is 23.7 Å². The summed E-state index contributed by atoms with van der Waals surface area (Å²) in [5.41, 5.74) is 2.60. The van der Waals surface area contributed by atoms with Crippen LogP contribution in [0.4, 0.5) is 0 Å². The highest BCUT2D eigenvalue weighted by molar-refractivity contribution is 7.12. The van der Waals surface area contributed by atoms with Gasteiger partial charge < -0.3 is 4.74 Å². The van der Waals surface area contributed by atoms with Crippen LogP contribution in [0.2, 0.25) is 10.0 Å². The van der Waals surface area contributed by atoms with Crippen molar-refractivity contribution in [1.82, 2.24) is 4.98 Å². The standard InChI is InChI=1S/C12H9Cl2NO2S/c1-2-17-12(16)11-10(15-6-18-11)9-7(13)4-3-5-8(9)14/h3-6H,2H2,1H3. The fraction of sp³-hybridized carbons (Fsp3) is 0.167. The molecule has 1 heterocycles. The zero-order valence-electron chi connectivity index (χ0n) is 9.44. The first-order chi connectivity index (χ1) is 8.65. The van der Waals surface area contributed by atoms with Gasteiger partial charge in [0, 0.05) is 5.56 Å². The molecule has 1 aromatic carbocycles. The number of carbonyl (C=O) groups is 1. The van der Waals surface area contributed by atoms with Gasteiger partial charge in [-0.1, -0.05) is 29.3 Å². The smallest absolute Gasteiger partial charge is 0.350 e. The van der Waals surface area contributed by atoms with Gasteiger partial charge in [0.25, 0.3) is 0 Å². The Kier molecular flexibility index (Phi) is 4.22. The minimum Gasteiger partial charge on any atom is -0.462 e. The van der Waals surface area contributed by atoms with Crippen LogP contribution in [-0.2, 0) is 4.74 Å². The summed E-state index contributed by atoms with van der Waals surface area (Å²) >= 11 is 13.4. The first-order valence-electron chi connectivity index (χ1n) is 5.20. The zero-order chi connectivity index (χ0) is 13.1. The molecule has 0 bridgehead atoms. The number of benzene rings is 1. The molecule has 2 aromatic rings. The molecule has 0 aliphatic carbocycles. The normalized spacial score (nSPS) is 10.4. The SMILES string of the molecule is CCOC(=O)c1scnc1-c1c(Cl)cccc1Cl. The fourth-order valence-corrected chi connectivity index (χ4v) is 2.75. The number of thiazole rings is 1. The van der Waals surface area contributed by atoms with E-state index in [0.717, 1.165) is 0 Å². The molecule has 0 aliphatic rings. The first-order valence-corrected chi connectivity index (χ1v) is 6.83. The number of nitrogens with zero attached hydrogens (tertiary/aromatic N) is 1. The van der Waals surface area contributed by atoms with E-state index < -0.39 is 5.97 Å². The van der Waals surface area contributed by atoms with Gasteiger partial charge in [-0.25, -0.2) is 9.78 Å². The summed E-state index contributed by atoms with van der Waals surface area (Å²) < 4.78 is 4.97. The van der Waals surface area contributed by atoms with Crippen molar-refractivity contribution in [2.75, 3.05) is 6.61 Å². The monoisotopic (exact) mass is 301 g/mol. The average molecular weight is 302 g/mol. The van der Waals surface area contributed by atoms with Crippen LogP contribution in [0, 0.1) is 0 Å². The summed E-state index contributed by atoms with van der Waals surface area (Å²) in [7, 11) is 0. The summed E-state index contributed by atoms with van der Waals surface area (Å²) in [5.74, 6) is -0.411. The molecule has 0 saturated heterocycles. The Morgan fingerprint density at radius 1 is 1.39 bits per heavy atom. The molecule has 0 radical (unpaired) electrons. The minimum atomic E-state index is -0.411. The van der Waals surface area contributed by atoms with E-state index in [1.807, 2.05) is 0 Å². The van der Waals surface area contributed by atoms with Crippen molar-refractivity contribution in [3.63, 3.8) is 0 Å². The quantitative estimate of drug-likeness (QED) is 0.794.